The fourth-order valence-electron chi connectivity index (χ4n) is 0.152. The minimum Gasteiger partial charge on any atom is -0.263 e. The first kappa shape index (κ1) is 31.4. The van der Waals surface area contributed by atoms with Crippen LogP contribution in [0.1, 0.15) is 0 Å². The third kappa shape index (κ3) is 25.7. The molecule has 9 nitrogen and oxygen atoms in total. The van der Waals surface area contributed by atoms with E-state index in [4.69, 9.17) is 9.11 Å². The zero-order valence-corrected chi connectivity index (χ0v) is 7.43. The Morgan fingerprint density at radius 2 is 0.938 bits per heavy atom. The second-order valence-electron chi connectivity index (χ2n) is 1.20. The highest BCUT2D eigenvalue weighted by molar-refractivity contribution is 7.97. The summed E-state index contributed by atoms with van der Waals surface area (Å²) in [5.41, 5.74) is 0. The molecule has 0 rings (SSSR count). The first-order valence-electron chi connectivity index (χ1n) is 1.87. The summed E-state index contributed by atoms with van der Waals surface area (Å²) in [6.45, 7) is 0. The lowest BCUT2D eigenvalue weighted by Crippen LogP contribution is -2.13. The maximum absolute atomic E-state index is 10.1. The van der Waals surface area contributed by atoms with E-state index in [2.05, 4.69) is 7.26 Å². The standard InChI is InChI=1S/4Mg.H2O9S3.8H/c;;;;1-10(8-11(2,3)4)9-12(5,6)7;;;;;;;;/h;;;;(H,2,3,4)(H,5,6,7);;;;;;;;. The largest absolute Gasteiger partial charge is 0.412 e. The van der Waals surface area contributed by atoms with Gasteiger partial charge < -0.3 is 0 Å². The van der Waals surface area contributed by atoms with Gasteiger partial charge in [-0.1, -0.05) is 0 Å². The van der Waals surface area contributed by atoms with Crippen molar-refractivity contribution in [2.75, 3.05) is 0 Å². The van der Waals surface area contributed by atoms with Crippen molar-refractivity contribution < 1.29 is 37.4 Å². The van der Waals surface area contributed by atoms with Crippen LogP contribution in [0.25, 0.3) is 0 Å². The van der Waals surface area contributed by atoms with Crippen LogP contribution in [0.3, 0.4) is 0 Å². The van der Waals surface area contributed by atoms with E-state index in [0.717, 1.165) is 0 Å². The van der Waals surface area contributed by atoms with Gasteiger partial charge in [0.1, 0.15) is 0 Å². The molecule has 0 aliphatic carbocycles. The van der Waals surface area contributed by atoms with E-state index in [9.17, 15) is 21.0 Å². The lowest BCUT2D eigenvalue weighted by Gasteiger charge is -1.95. The van der Waals surface area contributed by atoms with Gasteiger partial charge in [0.25, 0.3) is 0 Å². The van der Waals surface area contributed by atoms with E-state index in [1.165, 1.54) is 0 Å². The molecule has 0 fully saturated rings. The molecule has 0 aromatic heterocycles. The van der Waals surface area contributed by atoms with Gasteiger partial charge in [0.05, 0.1) is 0 Å². The van der Waals surface area contributed by atoms with Gasteiger partial charge in [-0.2, -0.15) is 21.0 Å². The minimum absolute atomic E-state index is 0. The Morgan fingerprint density at radius 3 is 1.06 bits per heavy atom. The van der Waals surface area contributed by atoms with Crippen LogP contribution in [0.2, 0.25) is 0 Å². The topological polar surface area (TPSA) is 144 Å². The Kier molecular flexibility index (Phi) is 25.4. The Morgan fingerprint density at radius 1 is 0.750 bits per heavy atom. The van der Waals surface area contributed by atoms with Crippen LogP contribution in [0.15, 0.2) is 0 Å². The summed E-state index contributed by atoms with van der Waals surface area (Å²) < 4.78 is 70.6. The van der Waals surface area contributed by atoms with Crippen LogP contribution in [0.4, 0.5) is 0 Å². The minimum atomic E-state index is -5.10. The molecule has 0 atom stereocenters. The second-order valence-corrected chi connectivity index (χ2v) is 4.40. The van der Waals surface area contributed by atoms with Crippen LogP contribution in [0, 0.1) is 0 Å². The average Bonchev–Trinajstić information content (AvgIpc) is 1.49. The van der Waals surface area contributed by atoms with Gasteiger partial charge in [-0.15, -0.1) is 7.26 Å². The predicted octanol–water partition coefficient (Wildman–Crippen LogP) is -5.46. The van der Waals surface area contributed by atoms with E-state index < -0.39 is 32.2 Å². The van der Waals surface area contributed by atoms with Gasteiger partial charge >= 0.3 is 124 Å². The fraction of sp³-hybridized carbons (Fsp3) is 0. The summed E-state index contributed by atoms with van der Waals surface area (Å²) in [5.74, 6) is 0. The Labute approximate surface area is 159 Å². The van der Waals surface area contributed by atoms with E-state index in [1.807, 2.05) is 0 Å². The van der Waals surface area contributed by atoms with Crippen LogP contribution in [-0.2, 0) is 39.4 Å². The van der Waals surface area contributed by atoms with Crippen LogP contribution in [-0.4, -0.2) is 122 Å². The van der Waals surface area contributed by atoms with Gasteiger partial charge in [0.2, 0.25) is 0 Å². The van der Waals surface area contributed by atoms with Gasteiger partial charge in [0, 0.05) is 0 Å². The van der Waals surface area contributed by atoms with Crippen molar-refractivity contribution in [3.8, 4) is 0 Å². The van der Waals surface area contributed by atoms with E-state index >= 15 is 0 Å². The number of rotatable bonds is 4. The maximum Gasteiger partial charge on any atom is 0.412 e. The summed E-state index contributed by atoms with van der Waals surface area (Å²) in [7, 11) is -10.2. The quantitative estimate of drug-likeness (QED) is 0.376. The normalized spacial score (nSPS) is 10.2. The molecule has 0 radical (unpaired) electrons. The zero-order valence-electron chi connectivity index (χ0n) is 4.98. The highest BCUT2D eigenvalue weighted by atomic mass is 32.3. The van der Waals surface area contributed by atoms with Crippen molar-refractivity contribution in [1.29, 1.82) is 0 Å². The van der Waals surface area contributed by atoms with Crippen LogP contribution < -0.4 is 0 Å². The second kappa shape index (κ2) is 13.0. The van der Waals surface area contributed by atoms with E-state index in [0.29, 0.717) is 0 Å². The average molecular weight is 347 g/mol. The number of hydrogen-bond donors (Lipinski definition) is 2. The molecule has 90 valence electrons. The number of hydrogen-bond acceptors (Lipinski definition) is 7. The van der Waals surface area contributed by atoms with Crippen molar-refractivity contribution in [3.05, 3.63) is 0 Å². The summed E-state index contributed by atoms with van der Waals surface area (Å²) in [6.07, 6.45) is 0. The molecule has 16 heavy (non-hydrogen) atoms. The van der Waals surface area contributed by atoms with E-state index in [1.54, 1.807) is 0 Å². The van der Waals surface area contributed by atoms with Crippen molar-refractivity contribution >= 4 is 124 Å². The van der Waals surface area contributed by atoms with Crippen molar-refractivity contribution in [1.82, 2.24) is 0 Å². The molecule has 0 unspecified atom stereocenters. The molecule has 2 N–H and O–H groups in total. The molecule has 0 bridgehead atoms. The smallest absolute Gasteiger partial charge is 0.263 e. The lowest BCUT2D eigenvalue weighted by atomic mass is 15.7. The van der Waals surface area contributed by atoms with Gasteiger partial charge in [-0.05, 0) is 0 Å². The van der Waals surface area contributed by atoms with E-state index in [-0.39, 0.29) is 92.2 Å². The first-order chi connectivity index (χ1) is 5.10. The Bertz CT molecular complexity index is 330. The molecule has 0 aromatic carbocycles. The molecule has 0 saturated heterocycles. The zero-order chi connectivity index (χ0) is 9.99. The van der Waals surface area contributed by atoms with Gasteiger partial charge in [-0.25, -0.2) is 0 Å². The van der Waals surface area contributed by atoms with Crippen molar-refractivity contribution in [3.63, 3.8) is 0 Å². The van der Waals surface area contributed by atoms with Gasteiger partial charge in [0.15, 0.2) is 0 Å². The maximum atomic E-state index is 10.1. The molecule has 0 amide bonds. The summed E-state index contributed by atoms with van der Waals surface area (Å²) in [4.78, 5) is 0. The SMILES string of the molecule is O=S(OS(=O)(=O)O)OS(=O)(=O)O.[MgH2].[MgH2].[MgH2].[MgH2]. The van der Waals surface area contributed by atoms with Crippen LogP contribution >= 0.6 is 0 Å². The third-order valence-electron chi connectivity index (χ3n) is 0.283. The highest BCUT2D eigenvalue weighted by Crippen LogP contribution is 1.98. The summed E-state index contributed by atoms with van der Waals surface area (Å²) in [6, 6.07) is 0. The summed E-state index contributed by atoms with van der Waals surface area (Å²) >= 11 is -3.33. The lowest BCUT2D eigenvalue weighted by molar-refractivity contribution is 0.357. The highest BCUT2D eigenvalue weighted by Gasteiger charge is 2.19. The molecule has 0 heterocycles. The van der Waals surface area contributed by atoms with Crippen LogP contribution in [0.5, 0.6) is 0 Å². The molecule has 16 heteroatoms. The van der Waals surface area contributed by atoms with Gasteiger partial charge in [-0.3, -0.25) is 9.11 Å². The predicted molar refractivity (Wildman–Crippen MR) is 67.6 cm³/mol. The first-order valence-corrected chi connectivity index (χ1v) is 5.60. The van der Waals surface area contributed by atoms with Crippen molar-refractivity contribution in [2.24, 2.45) is 0 Å². The Hall–Kier alpha value is 2.95. The molecule has 0 aliphatic heterocycles. The molecule has 0 saturated carbocycles. The molecular weight excluding hydrogens is 337 g/mol. The summed E-state index contributed by atoms with van der Waals surface area (Å²) in [5, 5.41) is 0. The molecule has 0 aliphatic rings. The fourth-order valence-corrected chi connectivity index (χ4v) is 1.57. The molecule has 0 aromatic rings. The molecule has 0 spiro atoms. The third-order valence-corrected chi connectivity index (χ3v) is 2.55. The Balaban J connectivity index is -0.000000101. The molecular formula is H10Mg4O9S3. The monoisotopic (exact) mass is 346 g/mol. The van der Waals surface area contributed by atoms with Crippen molar-refractivity contribution in [2.45, 2.75) is 0 Å².